The molecule has 0 bridgehead atoms. The summed E-state index contributed by atoms with van der Waals surface area (Å²) in [4.78, 5) is 33.9. The van der Waals surface area contributed by atoms with Crippen LogP contribution in [0.2, 0.25) is 0 Å². The van der Waals surface area contributed by atoms with E-state index in [0.717, 1.165) is 31.2 Å². The summed E-state index contributed by atoms with van der Waals surface area (Å²) in [5, 5.41) is 3.22. The lowest BCUT2D eigenvalue weighted by molar-refractivity contribution is -0.123. The molecule has 0 aliphatic heterocycles. The number of amides is 2. The van der Waals surface area contributed by atoms with Crippen molar-refractivity contribution in [1.29, 1.82) is 0 Å². The Labute approximate surface area is 212 Å². The Bertz CT molecular complexity index is 1170. The molecule has 0 unspecified atom stereocenters. The molecule has 0 spiro atoms. The van der Waals surface area contributed by atoms with Gasteiger partial charge in [0, 0.05) is 23.5 Å². The summed E-state index contributed by atoms with van der Waals surface area (Å²) >= 11 is 0. The van der Waals surface area contributed by atoms with Crippen LogP contribution in [0.4, 0.5) is 5.69 Å². The smallest absolute Gasteiger partial charge is 0.277 e. The highest BCUT2D eigenvalue weighted by Crippen LogP contribution is 2.37. The molecule has 188 valence electrons. The Morgan fingerprint density at radius 3 is 2.36 bits per heavy atom. The Morgan fingerprint density at radius 2 is 1.72 bits per heavy atom. The monoisotopic (exact) mass is 487 g/mol. The number of nitrogens with one attached hydrogen (secondary N) is 1. The minimum absolute atomic E-state index is 0.0650. The molecule has 0 saturated heterocycles. The first-order valence-corrected chi connectivity index (χ1v) is 12.4. The molecule has 7 nitrogen and oxygen atoms in total. The number of carbonyl (C=O) groups excluding carboxylic acids is 2. The van der Waals surface area contributed by atoms with Crippen molar-refractivity contribution in [2.24, 2.45) is 0 Å². The van der Waals surface area contributed by atoms with Crippen LogP contribution in [0.5, 0.6) is 11.5 Å². The average Bonchev–Trinajstić information content (AvgIpc) is 2.92. The van der Waals surface area contributed by atoms with Gasteiger partial charge in [0.2, 0.25) is 5.91 Å². The molecule has 1 N–H and O–H groups in total. The lowest BCUT2D eigenvalue weighted by Gasteiger charge is -2.34. The zero-order chi connectivity index (χ0) is 25.5. The lowest BCUT2D eigenvalue weighted by Crippen LogP contribution is -2.47. The van der Waals surface area contributed by atoms with Crippen LogP contribution in [-0.2, 0) is 4.79 Å². The molecule has 1 fully saturated rings. The molecular weight excluding hydrogens is 454 g/mol. The summed E-state index contributed by atoms with van der Waals surface area (Å²) in [5.74, 6) is 0.410. The number of carbonyl (C=O) groups is 2. The molecule has 1 aromatic heterocycles. The molecule has 1 aliphatic rings. The fourth-order valence-electron chi connectivity index (χ4n) is 4.68. The van der Waals surface area contributed by atoms with Crippen LogP contribution in [0.15, 0.2) is 66.9 Å². The van der Waals surface area contributed by atoms with Crippen LogP contribution in [0, 0.1) is 6.92 Å². The lowest BCUT2D eigenvalue weighted by atomic mass is 9.94. The molecule has 0 radical (unpaired) electrons. The summed E-state index contributed by atoms with van der Waals surface area (Å²) in [6.45, 7) is 1.98. The average molecular weight is 488 g/mol. The van der Waals surface area contributed by atoms with Crippen LogP contribution in [0.1, 0.15) is 59.8 Å². The van der Waals surface area contributed by atoms with Gasteiger partial charge in [0.1, 0.15) is 23.2 Å². The Kier molecular flexibility index (Phi) is 8.21. The van der Waals surface area contributed by atoms with Crippen molar-refractivity contribution < 1.29 is 19.1 Å². The number of aryl methyl sites for hydroxylation is 1. The first-order valence-electron chi connectivity index (χ1n) is 12.4. The van der Waals surface area contributed by atoms with E-state index in [1.54, 1.807) is 56.8 Å². The van der Waals surface area contributed by atoms with Gasteiger partial charge in [-0.1, -0.05) is 43.0 Å². The second-order valence-corrected chi connectivity index (χ2v) is 9.08. The fraction of sp³-hybridized carbons (Fsp3) is 0.345. The van der Waals surface area contributed by atoms with Crippen molar-refractivity contribution in [2.75, 3.05) is 19.1 Å². The van der Waals surface area contributed by atoms with E-state index in [9.17, 15) is 9.59 Å². The highest BCUT2D eigenvalue weighted by Gasteiger charge is 2.37. The third-order valence-corrected chi connectivity index (χ3v) is 6.60. The van der Waals surface area contributed by atoms with Gasteiger partial charge in [0.05, 0.1) is 14.2 Å². The van der Waals surface area contributed by atoms with Crippen LogP contribution >= 0.6 is 0 Å². The van der Waals surface area contributed by atoms with E-state index < -0.39 is 6.04 Å². The normalized spacial score (nSPS) is 14.5. The SMILES string of the molecule is COc1ccc(OC)c([C@@H](C(=O)NC2CCCCC2)N(C(=O)c2ccccn2)c2ccc(C)cc2)c1. The quantitative estimate of drug-likeness (QED) is 0.470. The predicted molar refractivity (Wildman–Crippen MR) is 140 cm³/mol. The van der Waals surface area contributed by atoms with Crippen LogP contribution < -0.4 is 19.7 Å². The third kappa shape index (κ3) is 5.67. The summed E-state index contributed by atoms with van der Waals surface area (Å²) in [5.41, 5.74) is 2.42. The van der Waals surface area contributed by atoms with Crippen molar-refractivity contribution in [3.63, 3.8) is 0 Å². The van der Waals surface area contributed by atoms with E-state index in [0.29, 0.717) is 22.7 Å². The van der Waals surface area contributed by atoms with Crippen molar-refractivity contribution in [2.45, 2.75) is 51.1 Å². The van der Waals surface area contributed by atoms with Gasteiger partial charge in [-0.15, -0.1) is 0 Å². The third-order valence-electron chi connectivity index (χ3n) is 6.60. The van der Waals surface area contributed by atoms with E-state index in [2.05, 4.69) is 10.3 Å². The Hall–Kier alpha value is -3.87. The van der Waals surface area contributed by atoms with Crippen LogP contribution in [0.3, 0.4) is 0 Å². The van der Waals surface area contributed by atoms with Gasteiger partial charge >= 0.3 is 0 Å². The van der Waals surface area contributed by atoms with E-state index in [4.69, 9.17) is 9.47 Å². The van der Waals surface area contributed by atoms with Gasteiger partial charge < -0.3 is 14.8 Å². The van der Waals surface area contributed by atoms with Gasteiger partial charge in [-0.05, 0) is 62.2 Å². The van der Waals surface area contributed by atoms with Crippen molar-refractivity contribution >= 4 is 17.5 Å². The van der Waals surface area contributed by atoms with Crippen molar-refractivity contribution in [3.05, 3.63) is 83.7 Å². The number of methoxy groups -OCH3 is 2. The summed E-state index contributed by atoms with van der Waals surface area (Å²) in [6.07, 6.45) is 6.75. The molecule has 4 rings (SSSR count). The number of ether oxygens (including phenoxy) is 2. The second-order valence-electron chi connectivity index (χ2n) is 9.08. The number of hydrogen-bond acceptors (Lipinski definition) is 5. The van der Waals surface area contributed by atoms with E-state index >= 15 is 0 Å². The number of anilines is 1. The number of nitrogens with zero attached hydrogens (tertiary/aromatic N) is 2. The summed E-state index contributed by atoms with van der Waals surface area (Å²) < 4.78 is 11.1. The van der Waals surface area contributed by atoms with Crippen LogP contribution in [-0.4, -0.2) is 37.1 Å². The molecule has 1 aliphatic carbocycles. The minimum Gasteiger partial charge on any atom is -0.497 e. The molecule has 1 heterocycles. The molecule has 1 atom stereocenters. The van der Waals surface area contributed by atoms with Gasteiger partial charge in [-0.25, -0.2) is 0 Å². The molecule has 36 heavy (non-hydrogen) atoms. The minimum atomic E-state index is -1.01. The topological polar surface area (TPSA) is 80.8 Å². The van der Waals surface area contributed by atoms with Crippen LogP contribution in [0.25, 0.3) is 0 Å². The molecule has 7 heteroatoms. The number of aromatic nitrogens is 1. The van der Waals surface area contributed by atoms with Crippen molar-refractivity contribution in [1.82, 2.24) is 10.3 Å². The standard InChI is InChI=1S/C29H33N3O4/c1-20-12-14-22(15-13-20)32(29(34)25-11-7-8-18-30-25)27(28(33)31-21-9-5-4-6-10-21)24-19-23(35-2)16-17-26(24)36-3/h7-8,11-19,21,27H,4-6,9-10H2,1-3H3,(H,31,33)/t27-/m0/s1. The van der Waals surface area contributed by atoms with Gasteiger partial charge in [-0.2, -0.15) is 0 Å². The van der Waals surface area contributed by atoms with Crippen molar-refractivity contribution in [3.8, 4) is 11.5 Å². The zero-order valence-electron chi connectivity index (χ0n) is 21.1. The molecule has 2 amide bonds. The predicted octanol–water partition coefficient (Wildman–Crippen LogP) is 5.24. The second kappa shape index (κ2) is 11.7. The maximum absolute atomic E-state index is 14.1. The fourth-order valence-corrected chi connectivity index (χ4v) is 4.68. The van der Waals surface area contributed by atoms with Gasteiger partial charge in [0.15, 0.2) is 0 Å². The van der Waals surface area contributed by atoms with Gasteiger partial charge in [0.25, 0.3) is 5.91 Å². The first-order chi connectivity index (χ1) is 17.5. The Morgan fingerprint density at radius 1 is 0.972 bits per heavy atom. The number of rotatable bonds is 8. The molecule has 1 saturated carbocycles. The van der Waals surface area contributed by atoms with E-state index in [1.165, 1.54) is 11.3 Å². The Balaban J connectivity index is 1.87. The number of hydrogen-bond donors (Lipinski definition) is 1. The van der Waals surface area contributed by atoms with E-state index in [-0.39, 0.29) is 23.6 Å². The highest BCUT2D eigenvalue weighted by atomic mass is 16.5. The first kappa shape index (κ1) is 25.2. The summed E-state index contributed by atoms with van der Waals surface area (Å²) in [7, 11) is 3.12. The van der Waals surface area contributed by atoms with E-state index in [1.807, 2.05) is 31.2 Å². The summed E-state index contributed by atoms with van der Waals surface area (Å²) in [6, 6.07) is 17.1. The molecular formula is C29H33N3O4. The number of benzene rings is 2. The number of pyridine rings is 1. The largest absolute Gasteiger partial charge is 0.497 e. The zero-order valence-corrected chi connectivity index (χ0v) is 21.1. The van der Waals surface area contributed by atoms with Gasteiger partial charge in [-0.3, -0.25) is 19.5 Å². The molecule has 2 aromatic carbocycles. The maximum Gasteiger partial charge on any atom is 0.277 e. The molecule has 3 aromatic rings. The maximum atomic E-state index is 14.1. The highest BCUT2D eigenvalue weighted by molar-refractivity contribution is 6.09.